The van der Waals surface area contributed by atoms with Crippen molar-refractivity contribution in [1.29, 1.82) is 0 Å². The Morgan fingerprint density at radius 1 is 1.04 bits per heavy atom. The zero-order valence-corrected chi connectivity index (χ0v) is 13.9. The summed E-state index contributed by atoms with van der Waals surface area (Å²) < 4.78 is 10.6. The van der Waals surface area contributed by atoms with E-state index in [2.05, 4.69) is 6.58 Å². The first-order chi connectivity index (χ1) is 11.2. The number of carbonyl (C=O) groups is 2. The summed E-state index contributed by atoms with van der Waals surface area (Å²) >= 11 is 0. The SMILES string of the molecule is C=CC(=O)OCCCCCCOc1ccc(C(=O)CCC)cc1. The minimum atomic E-state index is -0.366. The summed E-state index contributed by atoms with van der Waals surface area (Å²) in [5.74, 6) is 0.600. The third-order valence-corrected chi connectivity index (χ3v) is 3.37. The minimum Gasteiger partial charge on any atom is -0.494 e. The van der Waals surface area contributed by atoms with E-state index in [0.717, 1.165) is 43.4 Å². The molecule has 0 heterocycles. The van der Waals surface area contributed by atoms with E-state index in [1.807, 2.05) is 31.2 Å². The van der Waals surface area contributed by atoms with Crippen LogP contribution in [0.1, 0.15) is 55.8 Å². The molecule has 1 aromatic rings. The van der Waals surface area contributed by atoms with Gasteiger partial charge in [-0.15, -0.1) is 0 Å². The van der Waals surface area contributed by atoms with Crippen LogP contribution in [0, 0.1) is 0 Å². The number of carbonyl (C=O) groups excluding carboxylic acids is 2. The monoisotopic (exact) mass is 318 g/mol. The molecule has 0 fully saturated rings. The average Bonchev–Trinajstić information content (AvgIpc) is 2.57. The lowest BCUT2D eigenvalue weighted by Crippen LogP contribution is -2.02. The Bertz CT molecular complexity index is 491. The predicted molar refractivity (Wildman–Crippen MR) is 90.8 cm³/mol. The van der Waals surface area contributed by atoms with Crippen molar-refractivity contribution >= 4 is 11.8 Å². The molecule has 0 aliphatic carbocycles. The molecular formula is C19H26O4. The van der Waals surface area contributed by atoms with Gasteiger partial charge in [0.15, 0.2) is 5.78 Å². The van der Waals surface area contributed by atoms with Gasteiger partial charge in [0.05, 0.1) is 13.2 Å². The Labute approximate surface area is 138 Å². The second-order valence-corrected chi connectivity index (χ2v) is 5.33. The van der Waals surface area contributed by atoms with Gasteiger partial charge in [0, 0.05) is 18.1 Å². The molecule has 0 saturated heterocycles. The predicted octanol–water partition coefficient (Wildman–Crippen LogP) is 4.34. The highest BCUT2D eigenvalue weighted by Crippen LogP contribution is 2.14. The summed E-state index contributed by atoms with van der Waals surface area (Å²) in [6.07, 6.45) is 6.46. The topological polar surface area (TPSA) is 52.6 Å². The largest absolute Gasteiger partial charge is 0.494 e. The summed E-state index contributed by atoms with van der Waals surface area (Å²) in [5, 5.41) is 0. The standard InChI is InChI=1S/C19H26O4/c1-3-9-18(20)16-10-12-17(13-11-16)22-14-7-5-6-8-15-23-19(21)4-2/h4,10-13H,2-3,5-9,14-15H2,1H3. The van der Waals surface area contributed by atoms with Crippen LogP contribution in [0.4, 0.5) is 0 Å². The normalized spacial score (nSPS) is 10.1. The van der Waals surface area contributed by atoms with Gasteiger partial charge in [-0.3, -0.25) is 4.79 Å². The van der Waals surface area contributed by atoms with Gasteiger partial charge in [-0.05, 0) is 56.4 Å². The smallest absolute Gasteiger partial charge is 0.330 e. The van der Waals surface area contributed by atoms with Crippen molar-refractivity contribution in [2.45, 2.75) is 45.4 Å². The number of rotatable bonds is 12. The molecule has 23 heavy (non-hydrogen) atoms. The molecule has 0 aliphatic heterocycles. The lowest BCUT2D eigenvalue weighted by molar-refractivity contribution is -0.137. The fourth-order valence-electron chi connectivity index (χ4n) is 2.09. The van der Waals surface area contributed by atoms with E-state index in [-0.39, 0.29) is 11.8 Å². The van der Waals surface area contributed by atoms with Gasteiger partial charge in [-0.2, -0.15) is 0 Å². The lowest BCUT2D eigenvalue weighted by atomic mass is 10.1. The third-order valence-electron chi connectivity index (χ3n) is 3.37. The summed E-state index contributed by atoms with van der Waals surface area (Å²) in [6, 6.07) is 7.33. The highest BCUT2D eigenvalue weighted by Gasteiger charge is 2.04. The quantitative estimate of drug-likeness (QED) is 0.249. The van der Waals surface area contributed by atoms with Gasteiger partial charge >= 0.3 is 5.97 Å². The number of ether oxygens (including phenoxy) is 2. The molecular weight excluding hydrogens is 292 g/mol. The second-order valence-electron chi connectivity index (χ2n) is 5.33. The maximum Gasteiger partial charge on any atom is 0.330 e. The summed E-state index contributed by atoms with van der Waals surface area (Å²) in [6.45, 7) is 6.43. The molecule has 0 N–H and O–H groups in total. The van der Waals surface area contributed by atoms with E-state index in [1.165, 1.54) is 6.08 Å². The van der Waals surface area contributed by atoms with Crippen molar-refractivity contribution in [3.8, 4) is 5.75 Å². The summed E-state index contributed by atoms with van der Waals surface area (Å²) in [7, 11) is 0. The molecule has 0 aromatic heterocycles. The molecule has 0 radical (unpaired) electrons. The summed E-state index contributed by atoms with van der Waals surface area (Å²) in [5.41, 5.74) is 0.744. The van der Waals surface area contributed by atoms with E-state index >= 15 is 0 Å². The van der Waals surface area contributed by atoms with Gasteiger partial charge in [0.1, 0.15) is 5.75 Å². The van der Waals surface area contributed by atoms with Gasteiger partial charge in [-0.1, -0.05) is 13.5 Å². The van der Waals surface area contributed by atoms with Crippen molar-refractivity contribution in [1.82, 2.24) is 0 Å². The van der Waals surface area contributed by atoms with Crippen LogP contribution in [0.3, 0.4) is 0 Å². The molecule has 1 aromatic carbocycles. The number of hydrogen-bond donors (Lipinski definition) is 0. The molecule has 0 atom stereocenters. The molecule has 0 amide bonds. The molecule has 0 unspecified atom stereocenters. The first-order valence-corrected chi connectivity index (χ1v) is 8.22. The van der Waals surface area contributed by atoms with E-state index in [0.29, 0.717) is 19.6 Å². The van der Waals surface area contributed by atoms with Crippen LogP contribution in [0.25, 0.3) is 0 Å². The first kappa shape index (κ1) is 18.9. The number of unbranched alkanes of at least 4 members (excludes halogenated alkanes) is 3. The third kappa shape index (κ3) is 8.19. The molecule has 126 valence electrons. The molecule has 0 aliphatic rings. The molecule has 1 rings (SSSR count). The Morgan fingerprint density at radius 3 is 2.30 bits per heavy atom. The Morgan fingerprint density at radius 2 is 1.70 bits per heavy atom. The van der Waals surface area contributed by atoms with E-state index in [4.69, 9.17) is 9.47 Å². The van der Waals surface area contributed by atoms with Crippen LogP contribution in [0.5, 0.6) is 5.75 Å². The molecule has 4 nitrogen and oxygen atoms in total. The molecule has 0 bridgehead atoms. The number of benzene rings is 1. The Hall–Kier alpha value is -2.10. The van der Waals surface area contributed by atoms with Gasteiger partial charge in [0.25, 0.3) is 0 Å². The van der Waals surface area contributed by atoms with E-state index < -0.39 is 0 Å². The van der Waals surface area contributed by atoms with Gasteiger partial charge in [-0.25, -0.2) is 4.79 Å². The van der Waals surface area contributed by atoms with Crippen LogP contribution in [0.2, 0.25) is 0 Å². The van der Waals surface area contributed by atoms with Crippen LogP contribution < -0.4 is 4.74 Å². The van der Waals surface area contributed by atoms with E-state index in [1.54, 1.807) is 0 Å². The minimum absolute atomic E-state index is 0.177. The van der Waals surface area contributed by atoms with Crippen molar-refractivity contribution < 1.29 is 19.1 Å². The zero-order valence-electron chi connectivity index (χ0n) is 13.9. The van der Waals surface area contributed by atoms with Crippen molar-refractivity contribution in [2.75, 3.05) is 13.2 Å². The number of hydrogen-bond acceptors (Lipinski definition) is 4. The first-order valence-electron chi connectivity index (χ1n) is 8.22. The number of Topliss-reactive ketones (excluding diaryl/α,β-unsaturated/α-hetero) is 1. The molecule has 0 saturated carbocycles. The van der Waals surface area contributed by atoms with Crippen LogP contribution in [-0.2, 0) is 9.53 Å². The number of ketones is 1. The maximum atomic E-state index is 11.7. The van der Waals surface area contributed by atoms with Crippen LogP contribution in [-0.4, -0.2) is 25.0 Å². The Balaban J connectivity index is 2.10. The van der Waals surface area contributed by atoms with Crippen molar-refractivity contribution in [3.05, 3.63) is 42.5 Å². The van der Waals surface area contributed by atoms with Crippen LogP contribution >= 0.6 is 0 Å². The maximum absolute atomic E-state index is 11.7. The molecule has 0 spiro atoms. The zero-order chi connectivity index (χ0) is 16.9. The highest BCUT2D eigenvalue weighted by atomic mass is 16.5. The van der Waals surface area contributed by atoms with Crippen molar-refractivity contribution in [2.24, 2.45) is 0 Å². The molecule has 4 heteroatoms. The fourth-order valence-corrected chi connectivity index (χ4v) is 2.09. The van der Waals surface area contributed by atoms with Crippen molar-refractivity contribution in [3.63, 3.8) is 0 Å². The number of esters is 1. The Kier molecular flexibility index (Phi) is 9.45. The second kappa shape index (κ2) is 11.5. The lowest BCUT2D eigenvalue weighted by Gasteiger charge is -2.07. The summed E-state index contributed by atoms with van der Waals surface area (Å²) in [4.78, 5) is 22.6. The van der Waals surface area contributed by atoms with Gasteiger partial charge in [0.2, 0.25) is 0 Å². The average molecular weight is 318 g/mol. The van der Waals surface area contributed by atoms with Crippen LogP contribution in [0.15, 0.2) is 36.9 Å². The van der Waals surface area contributed by atoms with Gasteiger partial charge < -0.3 is 9.47 Å². The fraction of sp³-hybridized carbons (Fsp3) is 0.474. The highest BCUT2D eigenvalue weighted by molar-refractivity contribution is 5.96. The van der Waals surface area contributed by atoms with E-state index in [9.17, 15) is 9.59 Å².